The first-order valence-corrected chi connectivity index (χ1v) is 9.58. The summed E-state index contributed by atoms with van der Waals surface area (Å²) in [4.78, 5) is 25.4. The zero-order valence-electron chi connectivity index (χ0n) is 15.2. The third kappa shape index (κ3) is 3.37. The average Bonchev–Trinajstić information content (AvgIpc) is 3.04. The first-order valence-electron chi connectivity index (χ1n) is 9.58. The summed E-state index contributed by atoms with van der Waals surface area (Å²) in [6.07, 6.45) is 3.10. The molecule has 0 unspecified atom stereocenters. The number of benzene rings is 1. The van der Waals surface area contributed by atoms with Gasteiger partial charge in [-0.2, -0.15) is 0 Å². The van der Waals surface area contributed by atoms with E-state index in [1.165, 1.54) is 6.42 Å². The van der Waals surface area contributed by atoms with Crippen LogP contribution in [-0.4, -0.2) is 47.0 Å². The summed E-state index contributed by atoms with van der Waals surface area (Å²) >= 11 is 0. The fraction of sp³-hybridized carbons (Fsp3) is 0.600. The smallest absolute Gasteiger partial charge is 0.225 e. The maximum absolute atomic E-state index is 12.9. The summed E-state index contributed by atoms with van der Waals surface area (Å²) in [5.74, 6) is 2.75. The number of aromatic amines is 1. The van der Waals surface area contributed by atoms with Gasteiger partial charge in [-0.15, -0.1) is 0 Å². The van der Waals surface area contributed by atoms with Crippen LogP contribution in [0, 0.1) is 17.8 Å². The molecule has 2 aliphatic rings. The summed E-state index contributed by atoms with van der Waals surface area (Å²) in [5, 5.41) is 0. The maximum Gasteiger partial charge on any atom is 0.225 e. The Kier molecular flexibility index (Phi) is 4.40. The normalized spacial score (nSPS) is 25.5. The number of fused-ring (bicyclic) bond motifs is 1. The van der Waals surface area contributed by atoms with Gasteiger partial charge in [0.2, 0.25) is 11.9 Å². The van der Waals surface area contributed by atoms with Gasteiger partial charge in [-0.1, -0.05) is 26.0 Å². The molecule has 4 rings (SSSR count). The van der Waals surface area contributed by atoms with Crippen molar-refractivity contribution in [2.45, 2.75) is 33.1 Å². The molecule has 1 aromatic carbocycles. The molecule has 0 bridgehead atoms. The second-order valence-corrected chi connectivity index (χ2v) is 8.03. The standard InChI is InChI=1S/C20H28N4O/c1-14-11-15(2)13-24(12-14)19(25)16-7-9-23(10-8-16)20-21-17-5-3-4-6-18(17)22-20/h3-6,14-16H,7-13H2,1-2H3,(H,21,22)/t14-,15-/m1/s1. The molecule has 0 aliphatic carbocycles. The van der Waals surface area contributed by atoms with Crippen LogP contribution in [0.1, 0.15) is 33.1 Å². The highest BCUT2D eigenvalue weighted by Crippen LogP contribution is 2.27. The van der Waals surface area contributed by atoms with Crippen molar-refractivity contribution in [3.8, 4) is 0 Å². The lowest BCUT2D eigenvalue weighted by Crippen LogP contribution is -2.48. The zero-order chi connectivity index (χ0) is 17.4. The molecule has 1 N–H and O–H groups in total. The molecule has 25 heavy (non-hydrogen) atoms. The second-order valence-electron chi connectivity index (χ2n) is 8.03. The van der Waals surface area contributed by atoms with E-state index in [1.807, 2.05) is 18.2 Å². The Hall–Kier alpha value is -2.04. The Morgan fingerprint density at radius 2 is 1.80 bits per heavy atom. The number of likely N-dealkylation sites (tertiary alicyclic amines) is 1. The van der Waals surface area contributed by atoms with Crippen LogP contribution in [0.25, 0.3) is 11.0 Å². The molecular weight excluding hydrogens is 312 g/mol. The van der Waals surface area contributed by atoms with Gasteiger partial charge in [0.15, 0.2) is 0 Å². The van der Waals surface area contributed by atoms with Gasteiger partial charge in [0.25, 0.3) is 0 Å². The molecule has 2 aromatic rings. The van der Waals surface area contributed by atoms with E-state index in [0.29, 0.717) is 17.7 Å². The van der Waals surface area contributed by atoms with Crippen molar-refractivity contribution < 1.29 is 4.79 Å². The number of hydrogen-bond acceptors (Lipinski definition) is 3. The van der Waals surface area contributed by atoms with Crippen molar-refractivity contribution in [1.82, 2.24) is 14.9 Å². The van der Waals surface area contributed by atoms with E-state index in [4.69, 9.17) is 4.98 Å². The van der Waals surface area contributed by atoms with Gasteiger partial charge < -0.3 is 14.8 Å². The molecule has 5 nitrogen and oxygen atoms in total. The van der Waals surface area contributed by atoms with Gasteiger partial charge in [-0.25, -0.2) is 4.98 Å². The fourth-order valence-electron chi connectivity index (χ4n) is 4.53. The third-order valence-corrected chi connectivity index (χ3v) is 5.70. The lowest BCUT2D eigenvalue weighted by Gasteiger charge is -2.39. The Morgan fingerprint density at radius 1 is 1.12 bits per heavy atom. The Morgan fingerprint density at radius 3 is 2.48 bits per heavy atom. The molecule has 1 aromatic heterocycles. The van der Waals surface area contributed by atoms with Gasteiger partial charge >= 0.3 is 0 Å². The third-order valence-electron chi connectivity index (χ3n) is 5.70. The highest BCUT2D eigenvalue weighted by Gasteiger charge is 2.32. The van der Waals surface area contributed by atoms with Gasteiger partial charge in [0.1, 0.15) is 0 Å². The first kappa shape index (κ1) is 16.4. The lowest BCUT2D eigenvalue weighted by molar-refractivity contribution is -0.138. The van der Waals surface area contributed by atoms with E-state index in [1.54, 1.807) is 0 Å². The van der Waals surface area contributed by atoms with Gasteiger partial charge in [0.05, 0.1) is 11.0 Å². The number of carbonyl (C=O) groups excluding carboxylic acids is 1. The summed E-state index contributed by atoms with van der Waals surface area (Å²) in [7, 11) is 0. The quantitative estimate of drug-likeness (QED) is 0.913. The number of anilines is 1. The SMILES string of the molecule is C[C@@H]1C[C@@H](C)CN(C(=O)C2CCN(c3nc4ccccc4[nH]3)CC2)C1. The highest BCUT2D eigenvalue weighted by molar-refractivity contribution is 5.80. The van der Waals surface area contributed by atoms with Crippen molar-refractivity contribution in [2.75, 3.05) is 31.1 Å². The van der Waals surface area contributed by atoms with Crippen LogP contribution in [0.4, 0.5) is 5.95 Å². The number of H-pyrrole nitrogens is 1. The maximum atomic E-state index is 12.9. The van der Waals surface area contributed by atoms with Crippen molar-refractivity contribution in [2.24, 2.45) is 17.8 Å². The number of rotatable bonds is 2. The minimum absolute atomic E-state index is 0.179. The van der Waals surface area contributed by atoms with Crippen LogP contribution < -0.4 is 4.90 Å². The summed E-state index contributed by atoms with van der Waals surface area (Å²) in [6, 6.07) is 8.12. The lowest BCUT2D eigenvalue weighted by atomic mass is 9.89. The van der Waals surface area contributed by atoms with Gasteiger partial charge in [0, 0.05) is 32.1 Å². The molecule has 2 saturated heterocycles. The number of para-hydroxylation sites is 2. The molecule has 0 radical (unpaired) electrons. The molecule has 0 spiro atoms. The highest BCUT2D eigenvalue weighted by atomic mass is 16.2. The molecule has 2 aliphatic heterocycles. The molecular formula is C20H28N4O. The van der Waals surface area contributed by atoms with Crippen molar-refractivity contribution in [1.29, 1.82) is 0 Å². The van der Waals surface area contributed by atoms with E-state index >= 15 is 0 Å². The number of hydrogen-bond donors (Lipinski definition) is 1. The minimum atomic E-state index is 0.179. The number of amides is 1. The van der Waals surface area contributed by atoms with Crippen molar-refractivity contribution >= 4 is 22.9 Å². The molecule has 2 fully saturated rings. The van der Waals surface area contributed by atoms with E-state index < -0.39 is 0 Å². The van der Waals surface area contributed by atoms with Crippen LogP contribution in [0.3, 0.4) is 0 Å². The largest absolute Gasteiger partial charge is 0.342 e. The van der Waals surface area contributed by atoms with Crippen molar-refractivity contribution in [3.63, 3.8) is 0 Å². The van der Waals surface area contributed by atoms with Crippen LogP contribution >= 0.6 is 0 Å². The Balaban J connectivity index is 1.38. The number of nitrogens with zero attached hydrogens (tertiary/aromatic N) is 3. The minimum Gasteiger partial charge on any atom is -0.342 e. The average molecular weight is 340 g/mol. The molecule has 5 heteroatoms. The number of nitrogens with one attached hydrogen (secondary N) is 1. The predicted octanol–water partition coefficient (Wildman–Crippen LogP) is 3.28. The Bertz CT molecular complexity index is 704. The fourth-order valence-corrected chi connectivity index (χ4v) is 4.53. The van der Waals surface area contributed by atoms with E-state index in [0.717, 1.165) is 56.0 Å². The van der Waals surface area contributed by atoms with Crippen LogP contribution in [0.15, 0.2) is 24.3 Å². The Labute approximate surface area is 149 Å². The predicted molar refractivity (Wildman–Crippen MR) is 101 cm³/mol. The molecule has 134 valence electrons. The number of carbonyl (C=O) groups is 1. The summed E-state index contributed by atoms with van der Waals surface area (Å²) in [5.41, 5.74) is 2.08. The van der Waals surface area contributed by atoms with Gasteiger partial charge in [-0.05, 0) is 43.2 Å². The van der Waals surface area contributed by atoms with E-state index in [9.17, 15) is 4.79 Å². The van der Waals surface area contributed by atoms with Crippen LogP contribution in [0.5, 0.6) is 0 Å². The molecule has 2 atom stereocenters. The van der Waals surface area contributed by atoms with Crippen LogP contribution in [-0.2, 0) is 4.79 Å². The van der Waals surface area contributed by atoms with Crippen molar-refractivity contribution in [3.05, 3.63) is 24.3 Å². The summed E-state index contributed by atoms with van der Waals surface area (Å²) in [6.45, 7) is 8.20. The molecule has 1 amide bonds. The number of imidazole rings is 1. The molecule has 3 heterocycles. The van der Waals surface area contributed by atoms with E-state index in [-0.39, 0.29) is 5.92 Å². The van der Waals surface area contributed by atoms with Crippen LogP contribution in [0.2, 0.25) is 0 Å². The number of piperidine rings is 2. The monoisotopic (exact) mass is 340 g/mol. The molecule has 0 saturated carbocycles. The number of aromatic nitrogens is 2. The first-order chi connectivity index (χ1) is 12.1. The van der Waals surface area contributed by atoms with E-state index in [2.05, 4.69) is 34.7 Å². The van der Waals surface area contributed by atoms with Gasteiger partial charge in [-0.3, -0.25) is 4.79 Å². The summed E-state index contributed by atoms with van der Waals surface area (Å²) < 4.78 is 0. The zero-order valence-corrected chi connectivity index (χ0v) is 15.2. The second kappa shape index (κ2) is 6.70. The topological polar surface area (TPSA) is 52.2 Å².